The highest BCUT2D eigenvalue weighted by molar-refractivity contribution is 9.10. The van der Waals surface area contributed by atoms with Gasteiger partial charge in [-0.1, -0.05) is 23.5 Å². The molecular formula is C13H13BrN2O2S. The van der Waals surface area contributed by atoms with Crippen LogP contribution in [0.25, 0.3) is 0 Å². The number of anilines is 2. The van der Waals surface area contributed by atoms with Crippen molar-refractivity contribution >= 4 is 44.1 Å². The molecule has 0 saturated carbocycles. The lowest BCUT2D eigenvalue weighted by atomic mass is 10.3. The smallest absolute Gasteiger partial charge is 0.350 e. The van der Waals surface area contributed by atoms with Crippen molar-refractivity contribution in [3.8, 4) is 0 Å². The average molecular weight is 341 g/mol. The Hall–Kier alpha value is -1.40. The number of halogens is 1. The lowest BCUT2D eigenvalue weighted by molar-refractivity contribution is 0.0531. The fraction of sp³-hybridized carbons (Fsp3) is 0.231. The molecule has 6 heteroatoms. The second-order valence-electron chi connectivity index (χ2n) is 3.76. The van der Waals surface area contributed by atoms with Crippen LogP contribution in [0.15, 0.2) is 28.7 Å². The van der Waals surface area contributed by atoms with Gasteiger partial charge in [-0.05, 0) is 41.9 Å². The van der Waals surface area contributed by atoms with Crippen molar-refractivity contribution in [1.82, 2.24) is 4.98 Å². The third-order valence-corrected chi connectivity index (χ3v) is 4.12. The predicted octanol–water partition coefficient (Wildman–Crippen LogP) is 4.13. The molecule has 0 spiro atoms. The summed E-state index contributed by atoms with van der Waals surface area (Å²) < 4.78 is 5.94. The van der Waals surface area contributed by atoms with Crippen molar-refractivity contribution in [3.05, 3.63) is 39.3 Å². The summed E-state index contributed by atoms with van der Waals surface area (Å²) in [5, 5.41) is 3.86. The molecule has 0 amide bonds. The summed E-state index contributed by atoms with van der Waals surface area (Å²) in [5.41, 5.74) is 1.59. The molecule has 4 nitrogen and oxygen atoms in total. The van der Waals surface area contributed by atoms with E-state index in [0.717, 1.165) is 10.2 Å². The molecule has 0 aliphatic rings. The number of ether oxygens (including phenoxy) is 1. The molecule has 100 valence electrons. The van der Waals surface area contributed by atoms with E-state index in [1.165, 1.54) is 11.3 Å². The van der Waals surface area contributed by atoms with E-state index in [1.54, 1.807) is 13.8 Å². The number of esters is 1. The third-order valence-electron chi connectivity index (χ3n) is 2.37. The van der Waals surface area contributed by atoms with E-state index < -0.39 is 0 Å². The summed E-state index contributed by atoms with van der Waals surface area (Å²) in [5.74, 6) is -0.322. The van der Waals surface area contributed by atoms with Crippen LogP contribution in [0.3, 0.4) is 0 Å². The Bertz CT molecular complexity index is 598. The third kappa shape index (κ3) is 3.33. The number of hydrogen-bond acceptors (Lipinski definition) is 5. The van der Waals surface area contributed by atoms with Gasteiger partial charge >= 0.3 is 5.97 Å². The molecule has 1 heterocycles. The Morgan fingerprint density at radius 3 is 2.89 bits per heavy atom. The van der Waals surface area contributed by atoms with Crippen LogP contribution in [0.2, 0.25) is 0 Å². The van der Waals surface area contributed by atoms with Crippen molar-refractivity contribution in [1.29, 1.82) is 0 Å². The molecule has 0 atom stereocenters. The highest BCUT2D eigenvalue weighted by atomic mass is 79.9. The van der Waals surface area contributed by atoms with E-state index in [4.69, 9.17) is 4.74 Å². The number of carbonyl (C=O) groups excluding carboxylic acids is 1. The molecule has 0 saturated heterocycles. The van der Waals surface area contributed by atoms with Gasteiger partial charge in [0.15, 0.2) is 5.13 Å². The van der Waals surface area contributed by atoms with E-state index >= 15 is 0 Å². The van der Waals surface area contributed by atoms with Crippen LogP contribution in [0.5, 0.6) is 0 Å². The van der Waals surface area contributed by atoms with Gasteiger partial charge in [-0.15, -0.1) is 0 Å². The summed E-state index contributed by atoms with van der Waals surface area (Å²) in [6.45, 7) is 3.95. The van der Waals surface area contributed by atoms with Gasteiger partial charge in [0, 0.05) is 4.47 Å². The van der Waals surface area contributed by atoms with Crippen molar-refractivity contribution in [2.45, 2.75) is 13.8 Å². The Kier molecular flexibility index (Phi) is 4.55. The SMILES string of the molecule is CCOC(=O)c1sc(Nc2ccccc2Br)nc1C. The lowest BCUT2D eigenvalue weighted by Gasteiger charge is -2.04. The minimum atomic E-state index is -0.322. The molecule has 0 aliphatic carbocycles. The minimum Gasteiger partial charge on any atom is -0.462 e. The number of carbonyl (C=O) groups is 1. The second kappa shape index (κ2) is 6.16. The van der Waals surface area contributed by atoms with Crippen molar-refractivity contribution < 1.29 is 9.53 Å². The lowest BCUT2D eigenvalue weighted by Crippen LogP contribution is -2.03. The Morgan fingerprint density at radius 2 is 2.21 bits per heavy atom. The number of benzene rings is 1. The zero-order valence-corrected chi connectivity index (χ0v) is 13.0. The van der Waals surface area contributed by atoms with Crippen LogP contribution in [0.1, 0.15) is 22.3 Å². The molecular weight excluding hydrogens is 328 g/mol. The van der Waals surface area contributed by atoms with Gasteiger partial charge in [0.25, 0.3) is 0 Å². The topological polar surface area (TPSA) is 51.2 Å². The first kappa shape index (κ1) is 14.0. The molecule has 0 radical (unpaired) electrons. The molecule has 0 fully saturated rings. The summed E-state index contributed by atoms with van der Waals surface area (Å²) in [6.07, 6.45) is 0. The van der Waals surface area contributed by atoms with E-state index in [9.17, 15) is 4.79 Å². The fourth-order valence-corrected chi connectivity index (χ4v) is 2.77. The van der Waals surface area contributed by atoms with E-state index in [1.807, 2.05) is 24.3 Å². The van der Waals surface area contributed by atoms with Gasteiger partial charge in [0.05, 0.1) is 18.0 Å². The van der Waals surface area contributed by atoms with Gasteiger partial charge < -0.3 is 10.1 Å². The first-order valence-corrected chi connectivity index (χ1v) is 7.39. The van der Waals surface area contributed by atoms with E-state index in [0.29, 0.717) is 22.3 Å². The molecule has 19 heavy (non-hydrogen) atoms. The fourth-order valence-electron chi connectivity index (χ4n) is 1.51. The number of rotatable bonds is 4. The van der Waals surface area contributed by atoms with Gasteiger partial charge in [-0.2, -0.15) is 0 Å². The number of hydrogen-bond donors (Lipinski definition) is 1. The number of nitrogens with zero attached hydrogens (tertiary/aromatic N) is 1. The average Bonchev–Trinajstić information content (AvgIpc) is 2.74. The maximum atomic E-state index is 11.7. The van der Waals surface area contributed by atoms with Crippen LogP contribution in [-0.2, 0) is 4.74 Å². The zero-order valence-electron chi connectivity index (χ0n) is 10.6. The molecule has 0 bridgehead atoms. The molecule has 2 aromatic rings. The summed E-state index contributed by atoms with van der Waals surface area (Å²) in [7, 11) is 0. The summed E-state index contributed by atoms with van der Waals surface area (Å²) >= 11 is 4.75. The van der Waals surface area contributed by atoms with Gasteiger partial charge in [-0.25, -0.2) is 9.78 Å². The molecule has 1 N–H and O–H groups in total. The first-order chi connectivity index (χ1) is 9.11. The standard InChI is InChI=1S/C13H13BrN2O2S/c1-3-18-12(17)11-8(2)15-13(19-11)16-10-7-5-4-6-9(10)14/h4-7H,3H2,1-2H3,(H,15,16). The highest BCUT2D eigenvalue weighted by Crippen LogP contribution is 2.29. The highest BCUT2D eigenvalue weighted by Gasteiger charge is 2.16. The molecule has 2 rings (SSSR count). The molecule has 1 aromatic heterocycles. The number of nitrogens with one attached hydrogen (secondary N) is 1. The van der Waals surface area contributed by atoms with E-state index in [-0.39, 0.29) is 5.97 Å². The summed E-state index contributed by atoms with van der Waals surface area (Å²) in [4.78, 5) is 16.6. The van der Waals surface area contributed by atoms with Crippen LogP contribution >= 0.6 is 27.3 Å². The normalized spacial score (nSPS) is 10.3. The number of aryl methyl sites for hydroxylation is 1. The number of aromatic nitrogens is 1. The Balaban J connectivity index is 2.21. The Morgan fingerprint density at radius 1 is 1.47 bits per heavy atom. The largest absolute Gasteiger partial charge is 0.462 e. The first-order valence-electron chi connectivity index (χ1n) is 5.78. The molecule has 0 aliphatic heterocycles. The minimum absolute atomic E-state index is 0.322. The quantitative estimate of drug-likeness (QED) is 0.850. The van der Waals surface area contributed by atoms with E-state index in [2.05, 4.69) is 26.2 Å². The maximum absolute atomic E-state index is 11.7. The van der Waals surface area contributed by atoms with Gasteiger partial charge in [0.1, 0.15) is 4.88 Å². The molecule has 1 aromatic carbocycles. The predicted molar refractivity (Wildman–Crippen MR) is 80.2 cm³/mol. The van der Waals surface area contributed by atoms with Crippen LogP contribution in [0, 0.1) is 6.92 Å². The van der Waals surface area contributed by atoms with Crippen LogP contribution in [-0.4, -0.2) is 17.6 Å². The van der Waals surface area contributed by atoms with Crippen LogP contribution in [0.4, 0.5) is 10.8 Å². The zero-order chi connectivity index (χ0) is 13.8. The monoisotopic (exact) mass is 340 g/mol. The maximum Gasteiger partial charge on any atom is 0.350 e. The van der Waals surface area contributed by atoms with Crippen LogP contribution < -0.4 is 5.32 Å². The van der Waals surface area contributed by atoms with Crippen molar-refractivity contribution in [2.75, 3.05) is 11.9 Å². The van der Waals surface area contributed by atoms with Crippen molar-refractivity contribution in [2.24, 2.45) is 0 Å². The number of para-hydroxylation sites is 1. The van der Waals surface area contributed by atoms with Crippen molar-refractivity contribution in [3.63, 3.8) is 0 Å². The number of thiazole rings is 1. The summed E-state index contributed by atoms with van der Waals surface area (Å²) in [6, 6.07) is 7.74. The van der Waals surface area contributed by atoms with Gasteiger partial charge in [0.2, 0.25) is 0 Å². The Labute approximate surface area is 124 Å². The van der Waals surface area contributed by atoms with Gasteiger partial charge in [-0.3, -0.25) is 0 Å². The second-order valence-corrected chi connectivity index (χ2v) is 5.61. The molecule has 0 unspecified atom stereocenters.